The van der Waals surface area contributed by atoms with Crippen molar-refractivity contribution in [3.05, 3.63) is 12.8 Å². The Morgan fingerprint density at radius 1 is 0.325 bits per heavy atom. The molecule has 0 N–H and O–H groups in total. The van der Waals surface area contributed by atoms with Gasteiger partial charge in [0.1, 0.15) is 6.61 Å². The molecule has 0 unspecified atom stereocenters. The standard InChI is InChI=1S/C32H64O8/c1-3-5-6-7-8-9-10-11-12-13-14-15-16-17-18-34-21-22-36-25-26-38-29-30-40-32-31-39-28-27-37-24-23-35-20-19-33-4-2/h4H,2-3,5-32H2,1H3. The smallest absolute Gasteiger partial charge is 0.111 e. The van der Waals surface area contributed by atoms with E-state index in [0.717, 1.165) is 13.0 Å². The summed E-state index contributed by atoms with van der Waals surface area (Å²) in [5, 5.41) is 0. The van der Waals surface area contributed by atoms with Crippen LogP contribution in [0.1, 0.15) is 96.8 Å². The summed E-state index contributed by atoms with van der Waals surface area (Å²) >= 11 is 0. The molecule has 0 saturated carbocycles. The predicted molar refractivity (Wildman–Crippen MR) is 162 cm³/mol. The van der Waals surface area contributed by atoms with Crippen LogP contribution in [0.4, 0.5) is 0 Å². The second-order valence-corrected chi connectivity index (χ2v) is 9.92. The zero-order valence-electron chi connectivity index (χ0n) is 26.1. The van der Waals surface area contributed by atoms with Gasteiger partial charge in [-0.3, -0.25) is 0 Å². The average Bonchev–Trinajstić information content (AvgIpc) is 2.97. The van der Waals surface area contributed by atoms with Gasteiger partial charge in [0, 0.05) is 6.61 Å². The van der Waals surface area contributed by atoms with Crippen LogP contribution in [0.25, 0.3) is 0 Å². The van der Waals surface area contributed by atoms with Gasteiger partial charge in [-0.2, -0.15) is 0 Å². The molecule has 40 heavy (non-hydrogen) atoms. The Bertz CT molecular complexity index is 453. The maximum atomic E-state index is 5.66. The van der Waals surface area contributed by atoms with Gasteiger partial charge in [0.15, 0.2) is 0 Å². The Hall–Kier alpha value is -0.740. The molecule has 0 aromatic carbocycles. The van der Waals surface area contributed by atoms with Crippen LogP contribution in [0, 0.1) is 0 Å². The highest BCUT2D eigenvalue weighted by Crippen LogP contribution is 2.12. The van der Waals surface area contributed by atoms with Crippen LogP contribution in [0.3, 0.4) is 0 Å². The van der Waals surface area contributed by atoms with Crippen molar-refractivity contribution in [2.45, 2.75) is 96.8 Å². The number of hydrogen-bond acceptors (Lipinski definition) is 8. The zero-order chi connectivity index (χ0) is 28.9. The van der Waals surface area contributed by atoms with Crippen molar-refractivity contribution in [3.8, 4) is 0 Å². The van der Waals surface area contributed by atoms with Crippen molar-refractivity contribution in [1.29, 1.82) is 0 Å². The molecule has 0 aliphatic carbocycles. The van der Waals surface area contributed by atoms with Crippen molar-refractivity contribution in [2.24, 2.45) is 0 Å². The summed E-state index contributed by atoms with van der Waals surface area (Å²) in [7, 11) is 0. The molecule has 0 fully saturated rings. The van der Waals surface area contributed by atoms with Crippen LogP contribution in [-0.2, 0) is 37.9 Å². The van der Waals surface area contributed by atoms with Crippen LogP contribution in [-0.4, -0.2) is 99.1 Å². The van der Waals surface area contributed by atoms with Gasteiger partial charge in [-0.25, -0.2) is 0 Å². The maximum Gasteiger partial charge on any atom is 0.111 e. The molecule has 0 amide bonds. The predicted octanol–water partition coefficient (Wildman–Crippen LogP) is 6.74. The Labute approximate surface area is 246 Å². The largest absolute Gasteiger partial charge is 0.499 e. The molecule has 0 aromatic heterocycles. The highest BCUT2D eigenvalue weighted by molar-refractivity contribution is 4.50. The van der Waals surface area contributed by atoms with Gasteiger partial charge in [-0.15, -0.1) is 0 Å². The van der Waals surface area contributed by atoms with E-state index in [0.29, 0.717) is 92.5 Å². The van der Waals surface area contributed by atoms with Crippen LogP contribution >= 0.6 is 0 Å². The fraction of sp³-hybridized carbons (Fsp3) is 0.938. The Balaban J connectivity index is 3.02. The molecule has 0 aliphatic rings. The molecule has 0 saturated heterocycles. The summed E-state index contributed by atoms with van der Waals surface area (Å²) in [6.07, 6.45) is 20.7. The van der Waals surface area contributed by atoms with E-state index >= 15 is 0 Å². The number of ether oxygens (including phenoxy) is 8. The molecule has 0 aliphatic heterocycles. The normalized spacial score (nSPS) is 11.3. The molecule has 0 bridgehead atoms. The summed E-state index contributed by atoms with van der Waals surface area (Å²) in [5.41, 5.74) is 0. The second kappa shape index (κ2) is 38.3. The third kappa shape index (κ3) is 37.3. The van der Waals surface area contributed by atoms with E-state index in [1.807, 2.05) is 0 Å². The van der Waals surface area contributed by atoms with Gasteiger partial charge < -0.3 is 37.9 Å². The number of unbranched alkanes of at least 4 members (excludes halogenated alkanes) is 13. The summed E-state index contributed by atoms with van der Waals surface area (Å²) in [5.74, 6) is 0. The summed E-state index contributed by atoms with van der Waals surface area (Å²) in [4.78, 5) is 0. The van der Waals surface area contributed by atoms with Gasteiger partial charge in [0.25, 0.3) is 0 Å². The molecule has 0 heterocycles. The lowest BCUT2D eigenvalue weighted by Crippen LogP contribution is -2.14. The summed E-state index contributed by atoms with van der Waals surface area (Å²) < 4.78 is 43.3. The van der Waals surface area contributed by atoms with Crippen LogP contribution < -0.4 is 0 Å². The fourth-order valence-electron chi connectivity index (χ4n) is 4.01. The SMILES string of the molecule is C=COCCOCCOCCOCCOCCOCCOCCOCCCCCCCCCCCCCCCC. The molecule has 240 valence electrons. The maximum absolute atomic E-state index is 5.66. The lowest BCUT2D eigenvalue weighted by molar-refractivity contribution is -0.0217. The van der Waals surface area contributed by atoms with Crippen LogP contribution in [0.5, 0.6) is 0 Å². The monoisotopic (exact) mass is 576 g/mol. The van der Waals surface area contributed by atoms with E-state index in [1.165, 1.54) is 89.7 Å². The van der Waals surface area contributed by atoms with Gasteiger partial charge in [-0.05, 0) is 6.42 Å². The lowest BCUT2D eigenvalue weighted by atomic mass is 10.0. The molecule has 0 radical (unpaired) electrons. The average molecular weight is 577 g/mol. The first-order valence-electron chi connectivity index (χ1n) is 16.2. The first kappa shape index (κ1) is 39.3. The van der Waals surface area contributed by atoms with E-state index in [1.54, 1.807) is 0 Å². The van der Waals surface area contributed by atoms with Crippen LogP contribution in [0.2, 0.25) is 0 Å². The minimum absolute atomic E-state index is 0.514. The van der Waals surface area contributed by atoms with Gasteiger partial charge in [0.05, 0.1) is 92.2 Å². The Kier molecular flexibility index (Phi) is 37.6. The van der Waals surface area contributed by atoms with E-state index in [4.69, 9.17) is 37.9 Å². The topological polar surface area (TPSA) is 73.8 Å². The van der Waals surface area contributed by atoms with Crippen molar-refractivity contribution in [2.75, 3.05) is 99.1 Å². The highest BCUT2D eigenvalue weighted by atomic mass is 16.6. The fourth-order valence-corrected chi connectivity index (χ4v) is 4.01. The highest BCUT2D eigenvalue weighted by Gasteiger charge is 1.97. The van der Waals surface area contributed by atoms with Crippen molar-refractivity contribution < 1.29 is 37.9 Å². The van der Waals surface area contributed by atoms with Crippen LogP contribution in [0.15, 0.2) is 12.8 Å². The molecular formula is C32H64O8. The third-order valence-corrected chi connectivity index (χ3v) is 6.34. The Morgan fingerprint density at radius 2 is 0.575 bits per heavy atom. The molecular weight excluding hydrogens is 512 g/mol. The first-order chi connectivity index (χ1) is 19.9. The summed E-state index contributed by atoms with van der Waals surface area (Å²) in [6.45, 7) is 14.4. The quantitative estimate of drug-likeness (QED) is 0.0594. The second-order valence-electron chi connectivity index (χ2n) is 9.92. The van der Waals surface area contributed by atoms with Gasteiger partial charge in [0.2, 0.25) is 0 Å². The van der Waals surface area contributed by atoms with Gasteiger partial charge >= 0.3 is 0 Å². The summed E-state index contributed by atoms with van der Waals surface area (Å²) in [6, 6.07) is 0. The minimum atomic E-state index is 0.514. The molecule has 8 heteroatoms. The van der Waals surface area contributed by atoms with E-state index in [2.05, 4.69) is 13.5 Å². The number of hydrogen-bond donors (Lipinski definition) is 0. The Morgan fingerprint density at radius 3 is 0.875 bits per heavy atom. The van der Waals surface area contributed by atoms with Crippen molar-refractivity contribution >= 4 is 0 Å². The lowest BCUT2D eigenvalue weighted by Gasteiger charge is -2.08. The molecule has 0 rings (SSSR count). The van der Waals surface area contributed by atoms with E-state index < -0.39 is 0 Å². The van der Waals surface area contributed by atoms with E-state index in [9.17, 15) is 0 Å². The number of rotatable bonds is 37. The zero-order valence-corrected chi connectivity index (χ0v) is 26.1. The molecule has 8 nitrogen and oxygen atoms in total. The molecule has 0 aromatic rings. The van der Waals surface area contributed by atoms with Gasteiger partial charge in [-0.1, -0.05) is 97.0 Å². The third-order valence-electron chi connectivity index (χ3n) is 6.34. The van der Waals surface area contributed by atoms with Crippen molar-refractivity contribution in [1.82, 2.24) is 0 Å². The minimum Gasteiger partial charge on any atom is -0.499 e. The molecule has 0 atom stereocenters. The van der Waals surface area contributed by atoms with Crippen molar-refractivity contribution in [3.63, 3.8) is 0 Å². The van der Waals surface area contributed by atoms with E-state index in [-0.39, 0.29) is 0 Å². The molecule has 0 spiro atoms. The first-order valence-corrected chi connectivity index (χ1v) is 16.2.